The molecule has 4 nitrogen and oxygen atoms in total. The number of hydrogen-bond donors (Lipinski definition) is 2. The number of rotatable bonds is 0. The SMILES string of the molecule is CC1C2CNCC2CN1C(N)=O. The Bertz CT molecular complexity index is 206. The summed E-state index contributed by atoms with van der Waals surface area (Å²) in [6.07, 6.45) is 0. The van der Waals surface area contributed by atoms with Crippen LogP contribution in [-0.2, 0) is 0 Å². The third-order valence-corrected chi connectivity index (χ3v) is 3.22. The number of urea groups is 1. The molecule has 2 aliphatic heterocycles. The van der Waals surface area contributed by atoms with E-state index in [2.05, 4.69) is 12.2 Å². The van der Waals surface area contributed by atoms with Crippen molar-refractivity contribution in [1.29, 1.82) is 0 Å². The molecule has 3 N–H and O–H groups in total. The zero-order valence-electron chi connectivity index (χ0n) is 7.29. The van der Waals surface area contributed by atoms with Crippen molar-refractivity contribution in [3.8, 4) is 0 Å². The summed E-state index contributed by atoms with van der Waals surface area (Å²) in [4.78, 5) is 12.8. The van der Waals surface area contributed by atoms with E-state index in [0.29, 0.717) is 17.9 Å². The van der Waals surface area contributed by atoms with E-state index in [1.165, 1.54) is 0 Å². The fourth-order valence-corrected chi connectivity index (χ4v) is 2.46. The molecule has 2 aliphatic rings. The van der Waals surface area contributed by atoms with Crippen molar-refractivity contribution in [3.05, 3.63) is 0 Å². The van der Waals surface area contributed by atoms with Gasteiger partial charge in [-0.1, -0.05) is 0 Å². The second-order valence-electron chi connectivity index (χ2n) is 3.81. The fraction of sp³-hybridized carbons (Fsp3) is 0.875. The van der Waals surface area contributed by atoms with Crippen LogP contribution in [0.3, 0.4) is 0 Å². The fourth-order valence-electron chi connectivity index (χ4n) is 2.46. The van der Waals surface area contributed by atoms with Gasteiger partial charge in [-0.3, -0.25) is 0 Å². The molecule has 0 saturated carbocycles. The summed E-state index contributed by atoms with van der Waals surface area (Å²) in [5.74, 6) is 1.25. The van der Waals surface area contributed by atoms with Crippen molar-refractivity contribution >= 4 is 6.03 Å². The summed E-state index contributed by atoms with van der Waals surface area (Å²) < 4.78 is 0. The van der Waals surface area contributed by atoms with Gasteiger partial charge in [-0.15, -0.1) is 0 Å². The second-order valence-corrected chi connectivity index (χ2v) is 3.81. The monoisotopic (exact) mass is 169 g/mol. The van der Waals surface area contributed by atoms with Gasteiger partial charge in [0.25, 0.3) is 0 Å². The number of nitrogens with zero attached hydrogens (tertiary/aromatic N) is 1. The number of fused-ring (bicyclic) bond motifs is 1. The first-order chi connectivity index (χ1) is 5.70. The van der Waals surface area contributed by atoms with E-state index in [1.807, 2.05) is 0 Å². The summed E-state index contributed by atoms with van der Waals surface area (Å²) in [6, 6.07) is 0.0550. The Hall–Kier alpha value is -0.770. The molecule has 0 aromatic rings. The van der Waals surface area contributed by atoms with Gasteiger partial charge in [-0.05, 0) is 18.8 Å². The molecule has 12 heavy (non-hydrogen) atoms. The number of hydrogen-bond acceptors (Lipinski definition) is 2. The summed E-state index contributed by atoms with van der Waals surface area (Å²) in [6.45, 7) is 5.00. The number of nitrogens with one attached hydrogen (secondary N) is 1. The van der Waals surface area contributed by atoms with Crippen molar-refractivity contribution in [2.75, 3.05) is 19.6 Å². The lowest BCUT2D eigenvalue weighted by molar-refractivity contribution is 0.199. The van der Waals surface area contributed by atoms with Crippen molar-refractivity contribution in [3.63, 3.8) is 0 Å². The minimum atomic E-state index is -0.267. The third-order valence-electron chi connectivity index (χ3n) is 3.22. The Kier molecular flexibility index (Phi) is 1.72. The molecule has 0 radical (unpaired) electrons. The van der Waals surface area contributed by atoms with E-state index >= 15 is 0 Å². The maximum Gasteiger partial charge on any atom is 0.315 e. The molecule has 2 fully saturated rings. The molecule has 2 saturated heterocycles. The molecule has 0 spiro atoms. The van der Waals surface area contributed by atoms with E-state index in [1.54, 1.807) is 4.90 Å². The van der Waals surface area contributed by atoms with Crippen LogP contribution in [0.5, 0.6) is 0 Å². The maximum atomic E-state index is 11.0. The first kappa shape index (κ1) is 7.86. The van der Waals surface area contributed by atoms with Crippen LogP contribution in [0.15, 0.2) is 0 Å². The van der Waals surface area contributed by atoms with E-state index < -0.39 is 0 Å². The quantitative estimate of drug-likeness (QED) is 0.518. The number of nitrogens with two attached hydrogens (primary N) is 1. The summed E-state index contributed by atoms with van der Waals surface area (Å²) in [5.41, 5.74) is 5.26. The van der Waals surface area contributed by atoms with E-state index in [0.717, 1.165) is 19.6 Å². The molecule has 2 amide bonds. The number of amides is 2. The lowest BCUT2D eigenvalue weighted by Crippen LogP contribution is -2.41. The van der Waals surface area contributed by atoms with Crippen molar-refractivity contribution in [1.82, 2.24) is 10.2 Å². The number of primary amides is 1. The minimum Gasteiger partial charge on any atom is -0.351 e. The third kappa shape index (κ3) is 0.982. The molecular formula is C8H15N3O. The van der Waals surface area contributed by atoms with E-state index in [9.17, 15) is 4.79 Å². The first-order valence-corrected chi connectivity index (χ1v) is 4.47. The van der Waals surface area contributed by atoms with Crippen molar-refractivity contribution in [2.24, 2.45) is 17.6 Å². The van der Waals surface area contributed by atoms with Crippen LogP contribution in [0.4, 0.5) is 4.79 Å². The van der Waals surface area contributed by atoms with Gasteiger partial charge in [-0.2, -0.15) is 0 Å². The van der Waals surface area contributed by atoms with Crippen LogP contribution < -0.4 is 11.1 Å². The normalized spacial score (nSPS) is 40.1. The largest absolute Gasteiger partial charge is 0.351 e. The van der Waals surface area contributed by atoms with E-state index in [4.69, 9.17) is 5.73 Å². The zero-order chi connectivity index (χ0) is 8.72. The van der Waals surface area contributed by atoms with E-state index in [-0.39, 0.29) is 6.03 Å². The van der Waals surface area contributed by atoms with Crippen LogP contribution in [0.2, 0.25) is 0 Å². The molecule has 3 unspecified atom stereocenters. The molecule has 0 bridgehead atoms. The Balaban J connectivity index is 2.10. The van der Waals surface area contributed by atoms with Crippen molar-refractivity contribution in [2.45, 2.75) is 13.0 Å². The number of carbonyl (C=O) groups is 1. The second kappa shape index (κ2) is 2.62. The van der Waals surface area contributed by atoms with Crippen LogP contribution >= 0.6 is 0 Å². The Morgan fingerprint density at radius 2 is 2.33 bits per heavy atom. The molecular weight excluding hydrogens is 154 g/mol. The number of carbonyl (C=O) groups excluding carboxylic acids is 1. The van der Waals surface area contributed by atoms with Gasteiger partial charge in [0.15, 0.2) is 0 Å². The zero-order valence-corrected chi connectivity index (χ0v) is 7.29. The highest BCUT2D eigenvalue weighted by molar-refractivity contribution is 5.72. The van der Waals surface area contributed by atoms with Gasteiger partial charge in [0, 0.05) is 25.7 Å². The smallest absolute Gasteiger partial charge is 0.315 e. The summed E-state index contributed by atoms with van der Waals surface area (Å²) in [5, 5.41) is 3.34. The highest BCUT2D eigenvalue weighted by atomic mass is 16.2. The van der Waals surface area contributed by atoms with Crippen LogP contribution in [-0.4, -0.2) is 36.6 Å². The van der Waals surface area contributed by atoms with Crippen LogP contribution in [0.1, 0.15) is 6.92 Å². The maximum absolute atomic E-state index is 11.0. The average Bonchev–Trinajstić information content (AvgIpc) is 2.53. The van der Waals surface area contributed by atoms with Crippen LogP contribution in [0, 0.1) is 11.8 Å². The topological polar surface area (TPSA) is 58.4 Å². The molecule has 4 heteroatoms. The molecule has 2 heterocycles. The van der Waals surface area contributed by atoms with Gasteiger partial charge < -0.3 is 16.0 Å². The molecule has 68 valence electrons. The predicted molar refractivity (Wildman–Crippen MR) is 45.6 cm³/mol. The van der Waals surface area contributed by atoms with Crippen molar-refractivity contribution < 1.29 is 4.79 Å². The minimum absolute atomic E-state index is 0.267. The van der Waals surface area contributed by atoms with Gasteiger partial charge in [0.05, 0.1) is 0 Å². The summed E-state index contributed by atoms with van der Waals surface area (Å²) >= 11 is 0. The lowest BCUT2D eigenvalue weighted by Gasteiger charge is -2.21. The number of likely N-dealkylation sites (tertiary alicyclic amines) is 1. The van der Waals surface area contributed by atoms with Gasteiger partial charge in [-0.25, -0.2) is 4.79 Å². The molecule has 0 aliphatic carbocycles. The highest BCUT2D eigenvalue weighted by Crippen LogP contribution is 2.31. The standard InChI is InChI=1S/C8H15N3O/c1-5-7-3-10-2-6(7)4-11(5)8(9)12/h5-7,10H,2-4H2,1H3,(H2,9,12). The average molecular weight is 169 g/mol. The van der Waals surface area contributed by atoms with Gasteiger partial charge >= 0.3 is 6.03 Å². The molecule has 0 aromatic carbocycles. The Labute approximate surface area is 72.1 Å². The van der Waals surface area contributed by atoms with Gasteiger partial charge in [0.2, 0.25) is 0 Å². The predicted octanol–water partition coefficient (Wildman–Crippen LogP) is -0.395. The Morgan fingerprint density at radius 1 is 1.58 bits per heavy atom. The van der Waals surface area contributed by atoms with Crippen LogP contribution in [0.25, 0.3) is 0 Å². The lowest BCUT2D eigenvalue weighted by atomic mass is 9.95. The first-order valence-electron chi connectivity index (χ1n) is 4.47. The summed E-state index contributed by atoms with van der Waals surface area (Å²) in [7, 11) is 0. The molecule has 3 atom stereocenters. The molecule has 0 aromatic heterocycles. The van der Waals surface area contributed by atoms with Gasteiger partial charge in [0.1, 0.15) is 0 Å². The Morgan fingerprint density at radius 3 is 2.92 bits per heavy atom. The highest BCUT2D eigenvalue weighted by Gasteiger charge is 2.42. The molecule has 2 rings (SSSR count).